The molecule has 0 saturated carbocycles. The lowest BCUT2D eigenvalue weighted by molar-refractivity contribution is 0.118. The molecule has 0 unspecified atom stereocenters. The maximum atomic E-state index is 11.4. The third-order valence-electron chi connectivity index (χ3n) is 1.73. The van der Waals surface area contributed by atoms with E-state index < -0.39 is 6.09 Å². The van der Waals surface area contributed by atoms with Gasteiger partial charge in [0, 0.05) is 11.8 Å². The minimum Gasteiger partial charge on any atom is -0.508 e. The number of phenolic OH excluding ortho intramolecular Hbond substituents is 1. The molecule has 0 aliphatic heterocycles. The maximum absolute atomic E-state index is 11.4. The quantitative estimate of drug-likeness (QED) is 0.810. The number of carbonyl (C=O) groups is 1. The molecule has 0 fully saturated rings. The minimum absolute atomic E-state index is 0.0594. The van der Waals surface area contributed by atoms with Crippen LogP contribution < -0.4 is 5.32 Å². The largest absolute Gasteiger partial charge is 0.508 e. The Labute approximate surface area is 95.2 Å². The fourth-order valence-corrected chi connectivity index (χ4v) is 1.02. The molecule has 1 aromatic rings. The molecule has 0 saturated heterocycles. The highest BCUT2D eigenvalue weighted by molar-refractivity contribution is 5.84. The number of hydrogen-bond donors (Lipinski definition) is 2. The molecular formula is C12H17NO3. The van der Waals surface area contributed by atoms with Gasteiger partial charge >= 0.3 is 6.09 Å². The molecule has 4 nitrogen and oxygen atoms in total. The van der Waals surface area contributed by atoms with Gasteiger partial charge in [-0.1, -0.05) is 26.8 Å². The van der Waals surface area contributed by atoms with E-state index in [1.54, 1.807) is 12.1 Å². The zero-order valence-corrected chi connectivity index (χ0v) is 9.78. The number of carbonyl (C=O) groups excluding carboxylic acids is 1. The van der Waals surface area contributed by atoms with Gasteiger partial charge in [-0.3, -0.25) is 5.32 Å². The van der Waals surface area contributed by atoms with E-state index >= 15 is 0 Å². The molecule has 0 aromatic heterocycles. The third-order valence-corrected chi connectivity index (χ3v) is 1.73. The van der Waals surface area contributed by atoms with Gasteiger partial charge in [-0.25, -0.2) is 4.79 Å². The summed E-state index contributed by atoms with van der Waals surface area (Å²) in [6.45, 7) is 6.29. The van der Waals surface area contributed by atoms with E-state index in [1.807, 2.05) is 20.8 Å². The molecule has 0 radical (unpaired) electrons. The van der Waals surface area contributed by atoms with E-state index in [1.165, 1.54) is 12.1 Å². The van der Waals surface area contributed by atoms with Gasteiger partial charge in [0.1, 0.15) is 5.75 Å². The molecule has 88 valence electrons. The van der Waals surface area contributed by atoms with Crippen molar-refractivity contribution in [3.63, 3.8) is 0 Å². The van der Waals surface area contributed by atoms with E-state index in [9.17, 15) is 9.90 Å². The SMILES string of the molecule is CC(C)(C)COC(=O)Nc1cccc(O)c1. The van der Waals surface area contributed by atoms with E-state index in [4.69, 9.17) is 4.74 Å². The Bertz CT molecular complexity index is 369. The summed E-state index contributed by atoms with van der Waals surface area (Å²) < 4.78 is 5.02. The number of ether oxygens (including phenoxy) is 1. The first-order valence-corrected chi connectivity index (χ1v) is 5.10. The standard InChI is InChI=1S/C12H17NO3/c1-12(2,3)8-16-11(15)13-9-5-4-6-10(14)7-9/h4-7,14H,8H2,1-3H3,(H,13,15). The van der Waals surface area contributed by atoms with Crippen LogP contribution in [-0.2, 0) is 4.74 Å². The number of anilines is 1. The lowest BCUT2D eigenvalue weighted by Crippen LogP contribution is -2.21. The molecule has 0 aliphatic rings. The lowest BCUT2D eigenvalue weighted by atomic mass is 9.99. The minimum atomic E-state index is -0.513. The zero-order chi connectivity index (χ0) is 12.2. The molecular weight excluding hydrogens is 206 g/mol. The van der Waals surface area contributed by atoms with Gasteiger partial charge in [-0.2, -0.15) is 0 Å². The van der Waals surface area contributed by atoms with Crippen LogP contribution in [0.5, 0.6) is 5.75 Å². The first kappa shape index (κ1) is 12.4. The molecule has 1 aromatic carbocycles. The normalized spacial score (nSPS) is 10.9. The van der Waals surface area contributed by atoms with Gasteiger partial charge < -0.3 is 9.84 Å². The van der Waals surface area contributed by atoms with Gasteiger partial charge in [0.15, 0.2) is 0 Å². The fourth-order valence-electron chi connectivity index (χ4n) is 1.02. The summed E-state index contributed by atoms with van der Waals surface area (Å²) in [5, 5.41) is 11.7. The lowest BCUT2D eigenvalue weighted by Gasteiger charge is -2.17. The molecule has 0 atom stereocenters. The van der Waals surface area contributed by atoms with E-state index in [-0.39, 0.29) is 11.2 Å². The van der Waals surface area contributed by atoms with Crippen LogP contribution in [0, 0.1) is 5.41 Å². The van der Waals surface area contributed by atoms with Crippen LogP contribution in [-0.4, -0.2) is 17.8 Å². The maximum Gasteiger partial charge on any atom is 0.411 e. The Hall–Kier alpha value is -1.71. The predicted octanol–water partition coefficient (Wildman–Crippen LogP) is 2.99. The van der Waals surface area contributed by atoms with Crippen LogP contribution in [0.15, 0.2) is 24.3 Å². The highest BCUT2D eigenvalue weighted by atomic mass is 16.5. The first-order valence-electron chi connectivity index (χ1n) is 5.10. The molecule has 1 amide bonds. The van der Waals surface area contributed by atoms with Crippen molar-refractivity contribution in [3.8, 4) is 5.75 Å². The molecule has 1 rings (SSSR count). The Morgan fingerprint density at radius 2 is 2.12 bits per heavy atom. The van der Waals surface area contributed by atoms with Crippen molar-refractivity contribution < 1.29 is 14.6 Å². The van der Waals surface area contributed by atoms with Gasteiger partial charge in [0.25, 0.3) is 0 Å². The first-order chi connectivity index (χ1) is 7.37. The number of aromatic hydroxyl groups is 1. The summed E-state index contributed by atoms with van der Waals surface area (Å²) in [5.74, 6) is 0.105. The Kier molecular flexibility index (Phi) is 3.77. The molecule has 2 N–H and O–H groups in total. The average Bonchev–Trinajstić information content (AvgIpc) is 2.14. The summed E-state index contributed by atoms with van der Waals surface area (Å²) in [7, 11) is 0. The van der Waals surface area contributed by atoms with Gasteiger partial charge in [-0.05, 0) is 17.5 Å². The summed E-state index contributed by atoms with van der Waals surface area (Å²) in [6.07, 6.45) is -0.513. The van der Waals surface area contributed by atoms with Crippen LogP contribution in [0.3, 0.4) is 0 Å². The van der Waals surface area contributed by atoms with Crippen LogP contribution in [0.4, 0.5) is 10.5 Å². The molecule has 0 spiro atoms. The molecule has 0 bridgehead atoms. The van der Waals surface area contributed by atoms with Crippen LogP contribution in [0.2, 0.25) is 0 Å². The molecule has 4 heteroatoms. The van der Waals surface area contributed by atoms with E-state index in [2.05, 4.69) is 5.32 Å². The summed E-state index contributed by atoms with van der Waals surface area (Å²) >= 11 is 0. The Morgan fingerprint density at radius 1 is 1.44 bits per heavy atom. The van der Waals surface area contributed by atoms with Crippen LogP contribution in [0.1, 0.15) is 20.8 Å². The molecule has 0 aliphatic carbocycles. The number of amides is 1. The fraction of sp³-hybridized carbons (Fsp3) is 0.417. The van der Waals surface area contributed by atoms with Crippen molar-refractivity contribution in [1.29, 1.82) is 0 Å². The van der Waals surface area contributed by atoms with Gasteiger partial charge in [0.2, 0.25) is 0 Å². The summed E-state index contributed by atoms with van der Waals surface area (Å²) in [6, 6.07) is 6.32. The Balaban J connectivity index is 2.46. The summed E-state index contributed by atoms with van der Waals surface area (Å²) in [4.78, 5) is 11.4. The van der Waals surface area contributed by atoms with Crippen LogP contribution >= 0.6 is 0 Å². The van der Waals surface area contributed by atoms with Crippen molar-refractivity contribution in [2.24, 2.45) is 5.41 Å². The van der Waals surface area contributed by atoms with Crippen molar-refractivity contribution in [2.75, 3.05) is 11.9 Å². The van der Waals surface area contributed by atoms with Gasteiger partial charge in [0.05, 0.1) is 6.61 Å². The monoisotopic (exact) mass is 223 g/mol. The second kappa shape index (κ2) is 4.88. The number of rotatable bonds is 2. The second-order valence-corrected chi connectivity index (χ2v) is 4.81. The van der Waals surface area contributed by atoms with Crippen molar-refractivity contribution in [1.82, 2.24) is 0 Å². The van der Waals surface area contributed by atoms with Gasteiger partial charge in [-0.15, -0.1) is 0 Å². The van der Waals surface area contributed by atoms with E-state index in [0.717, 1.165) is 0 Å². The summed E-state index contributed by atoms with van der Waals surface area (Å²) in [5.41, 5.74) is 0.454. The Morgan fingerprint density at radius 3 is 2.69 bits per heavy atom. The van der Waals surface area contributed by atoms with Crippen LogP contribution in [0.25, 0.3) is 0 Å². The highest BCUT2D eigenvalue weighted by Crippen LogP contribution is 2.16. The van der Waals surface area contributed by atoms with Crippen molar-refractivity contribution in [2.45, 2.75) is 20.8 Å². The van der Waals surface area contributed by atoms with Crippen molar-refractivity contribution >= 4 is 11.8 Å². The molecule has 0 heterocycles. The van der Waals surface area contributed by atoms with Crippen molar-refractivity contribution in [3.05, 3.63) is 24.3 Å². The predicted molar refractivity (Wildman–Crippen MR) is 62.5 cm³/mol. The molecule has 16 heavy (non-hydrogen) atoms. The highest BCUT2D eigenvalue weighted by Gasteiger charge is 2.13. The smallest absolute Gasteiger partial charge is 0.411 e. The number of phenols is 1. The number of nitrogens with one attached hydrogen (secondary N) is 1. The number of hydrogen-bond acceptors (Lipinski definition) is 3. The topological polar surface area (TPSA) is 58.6 Å². The second-order valence-electron chi connectivity index (χ2n) is 4.81. The average molecular weight is 223 g/mol. The van der Waals surface area contributed by atoms with E-state index in [0.29, 0.717) is 12.3 Å². The third kappa shape index (κ3) is 4.68. The number of benzene rings is 1. The zero-order valence-electron chi connectivity index (χ0n) is 9.78.